The lowest BCUT2D eigenvalue weighted by molar-refractivity contribution is -0.148. The maximum absolute atomic E-state index is 12.3. The molecule has 1 saturated heterocycles. The number of nitrogens with zero attached hydrogens (tertiary/aromatic N) is 1. The molecular formula is C15H14N2O5S. The van der Waals surface area contributed by atoms with Gasteiger partial charge in [-0.3, -0.25) is 14.5 Å². The summed E-state index contributed by atoms with van der Waals surface area (Å²) in [6.45, 7) is -0.411. The third-order valence-electron chi connectivity index (χ3n) is 3.76. The lowest BCUT2D eigenvalue weighted by Crippen LogP contribution is -2.70. The molecule has 0 spiro atoms. The van der Waals surface area contributed by atoms with Crippen LogP contribution in [0.15, 0.2) is 41.6 Å². The van der Waals surface area contributed by atoms with E-state index in [1.807, 2.05) is 0 Å². The Hall–Kier alpha value is -2.32. The van der Waals surface area contributed by atoms with Gasteiger partial charge in [-0.05, 0) is 17.7 Å². The molecule has 3 N–H and O–H groups in total. The number of rotatable bonds is 4. The van der Waals surface area contributed by atoms with Gasteiger partial charge in [0.1, 0.15) is 17.1 Å². The highest BCUT2D eigenvalue weighted by atomic mass is 32.2. The summed E-state index contributed by atoms with van der Waals surface area (Å²) >= 11 is 1.33. The predicted molar refractivity (Wildman–Crippen MR) is 82.5 cm³/mol. The van der Waals surface area contributed by atoms with Crippen molar-refractivity contribution in [3.63, 3.8) is 0 Å². The summed E-state index contributed by atoms with van der Waals surface area (Å²) in [6.07, 6.45) is 0. The molecule has 120 valence electrons. The first-order valence-electron chi connectivity index (χ1n) is 6.91. The number of hydrogen-bond donors (Lipinski definition) is 3. The fraction of sp³-hybridized carbons (Fsp3) is 0.267. The maximum atomic E-state index is 12.3. The first kappa shape index (κ1) is 15.6. The number of amides is 2. The highest BCUT2D eigenvalue weighted by molar-refractivity contribution is 8.00. The van der Waals surface area contributed by atoms with E-state index in [1.54, 1.807) is 30.3 Å². The highest BCUT2D eigenvalue weighted by Crippen LogP contribution is 2.40. The van der Waals surface area contributed by atoms with Crippen LogP contribution < -0.4 is 5.32 Å². The average Bonchev–Trinajstić information content (AvgIpc) is 2.58. The van der Waals surface area contributed by atoms with Gasteiger partial charge in [0, 0.05) is 11.3 Å². The molecule has 7 nitrogen and oxygen atoms in total. The standard InChI is InChI=1S/C15H14N2O5S/c18-6-9-7-23-14-10(13(20)17(14)11(9)15(21)22)16-12(19)8-4-2-1-3-5-8/h1-5,10,14,18H,6-7H2,(H,16,19)(H,21,22)/t10?,14-/m1/s1. The molecule has 1 aromatic rings. The zero-order valence-corrected chi connectivity index (χ0v) is 12.7. The highest BCUT2D eigenvalue weighted by Gasteiger charge is 2.54. The van der Waals surface area contributed by atoms with Crippen molar-refractivity contribution in [1.29, 1.82) is 0 Å². The van der Waals surface area contributed by atoms with Crippen LogP contribution in [-0.2, 0) is 9.59 Å². The summed E-state index contributed by atoms with van der Waals surface area (Å²) < 4.78 is 0. The molecule has 2 aliphatic rings. The molecule has 2 heterocycles. The van der Waals surface area contributed by atoms with Gasteiger partial charge < -0.3 is 15.5 Å². The van der Waals surface area contributed by atoms with E-state index in [0.29, 0.717) is 16.9 Å². The van der Waals surface area contributed by atoms with E-state index in [0.717, 1.165) is 4.90 Å². The summed E-state index contributed by atoms with van der Waals surface area (Å²) in [5.41, 5.74) is 0.566. The molecule has 0 saturated carbocycles. The second-order valence-electron chi connectivity index (χ2n) is 5.14. The Balaban J connectivity index is 1.77. The Kier molecular flexibility index (Phi) is 4.10. The number of hydrogen-bond acceptors (Lipinski definition) is 5. The lowest BCUT2D eigenvalue weighted by atomic mass is 10.0. The van der Waals surface area contributed by atoms with Crippen LogP contribution in [0.4, 0.5) is 0 Å². The zero-order chi connectivity index (χ0) is 16.6. The van der Waals surface area contributed by atoms with E-state index >= 15 is 0 Å². The van der Waals surface area contributed by atoms with Gasteiger partial charge in [-0.1, -0.05) is 18.2 Å². The minimum atomic E-state index is -1.25. The third kappa shape index (κ3) is 2.60. The molecule has 2 amide bonds. The molecule has 1 unspecified atom stereocenters. The second-order valence-corrected chi connectivity index (χ2v) is 6.25. The number of carbonyl (C=O) groups is 3. The molecule has 0 bridgehead atoms. The molecule has 0 aromatic heterocycles. The van der Waals surface area contributed by atoms with Crippen molar-refractivity contribution < 1.29 is 24.6 Å². The molecule has 1 aromatic carbocycles. The van der Waals surface area contributed by atoms with Crippen LogP contribution in [0.3, 0.4) is 0 Å². The summed E-state index contributed by atoms with van der Waals surface area (Å²) in [5.74, 6) is -1.79. The number of carboxylic acids is 1. The van der Waals surface area contributed by atoms with Gasteiger partial charge >= 0.3 is 5.97 Å². The van der Waals surface area contributed by atoms with E-state index in [1.165, 1.54) is 11.8 Å². The van der Waals surface area contributed by atoms with Crippen LogP contribution in [-0.4, -0.2) is 56.7 Å². The lowest BCUT2D eigenvalue weighted by Gasteiger charge is -2.49. The number of aliphatic carboxylic acids is 1. The second kappa shape index (κ2) is 6.05. The van der Waals surface area contributed by atoms with Crippen molar-refractivity contribution >= 4 is 29.5 Å². The normalized spacial score (nSPS) is 23.2. The molecule has 2 aliphatic heterocycles. The summed E-state index contributed by atoms with van der Waals surface area (Å²) in [5, 5.41) is 20.7. The van der Waals surface area contributed by atoms with E-state index in [9.17, 15) is 24.6 Å². The molecular weight excluding hydrogens is 320 g/mol. The predicted octanol–water partition coefficient (Wildman–Crippen LogP) is 0.0311. The molecule has 0 radical (unpaired) electrons. The van der Waals surface area contributed by atoms with E-state index < -0.39 is 29.9 Å². The molecule has 1 fully saturated rings. The number of β-lactam (4-membered cyclic amide) rings is 1. The molecule has 3 rings (SSSR count). The fourth-order valence-corrected chi connectivity index (χ4v) is 3.95. The Morgan fingerprint density at radius 3 is 2.61 bits per heavy atom. The van der Waals surface area contributed by atoms with Crippen LogP contribution >= 0.6 is 11.8 Å². The number of nitrogens with one attached hydrogen (secondary N) is 1. The van der Waals surface area contributed by atoms with E-state index in [4.69, 9.17) is 0 Å². The van der Waals surface area contributed by atoms with Crippen LogP contribution in [0.2, 0.25) is 0 Å². The molecule has 0 aliphatic carbocycles. The van der Waals surface area contributed by atoms with Gasteiger partial charge in [0.25, 0.3) is 11.8 Å². The van der Waals surface area contributed by atoms with Gasteiger partial charge in [0.15, 0.2) is 0 Å². The van der Waals surface area contributed by atoms with Crippen molar-refractivity contribution in [2.45, 2.75) is 11.4 Å². The molecule has 2 atom stereocenters. The first-order chi connectivity index (χ1) is 11.0. The molecule has 8 heteroatoms. The van der Waals surface area contributed by atoms with E-state index in [-0.39, 0.29) is 11.6 Å². The largest absolute Gasteiger partial charge is 0.477 e. The number of carboxylic acid groups (broad SMARTS) is 1. The van der Waals surface area contributed by atoms with Crippen LogP contribution in [0.1, 0.15) is 10.4 Å². The Bertz CT molecular complexity index is 703. The quantitative estimate of drug-likeness (QED) is 0.671. The number of aliphatic hydroxyl groups is 1. The number of benzene rings is 1. The monoisotopic (exact) mass is 334 g/mol. The average molecular weight is 334 g/mol. The molecule has 23 heavy (non-hydrogen) atoms. The summed E-state index contributed by atoms with van der Waals surface area (Å²) in [7, 11) is 0. The number of fused-ring (bicyclic) bond motifs is 1. The Morgan fingerprint density at radius 1 is 1.30 bits per heavy atom. The van der Waals surface area contributed by atoms with Gasteiger partial charge in [0.2, 0.25) is 0 Å². The van der Waals surface area contributed by atoms with Crippen LogP contribution in [0.25, 0.3) is 0 Å². The number of carbonyl (C=O) groups excluding carboxylic acids is 2. The topological polar surface area (TPSA) is 107 Å². The number of aliphatic hydroxyl groups excluding tert-OH is 1. The van der Waals surface area contributed by atoms with Gasteiger partial charge in [-0.2, -0.15) is 0 Å². The summed E-state index contributed by atoms with van der Waals surface area (Å²) in [4.78, 5) is 36.9. The van der Waals surface area contributed by atoms with Crippen molar-refractivity contribution in [2.75, 3.05) is 12.4 Å². The third-order valence-corrected chi connectivity index (χ3v) is 5.10. The SMILES string of the molecule is O=C(O)C1=C(CO)CS[C@@H]2C(NC(=O)c3ccccc3)C(=O)N12. The smallest absolute Gasteiger partial charge is 0.352 e. The minimum Gasteiger partial charge on any atom is -0.477 e. The Labute approximate surface area is 136 Å². The van der Waals surface area contributed by atoms with E-state index in [2.05, 4.69) is 5.32 Å². The van der Waals surface area contributed by atoms with Gasteiger partial charge in [0.05, 0.1) is 6.61 Å². The van der Waals surface area contributed by atoms with Gasteiger partial charge in [-0.25, -0.2) is 4.79 Å². The van der Waals surface area contributed by atoms with Crippen LogP contribution in [0, 0.1) is 0 Å². The van der Waals surface area contributed by atoms with Crippen molar-refractivity contribution in [3.05, 3.63) is 47.2 Å². The van der Waals surface area contributed by atoms with Crippen molar-refractivity contribution in [1.82, 2.24) is 10.2 Å². The van der Waals surface area contributed by atoms with Crippen molar-refractivity contribution in [3.8, 4) is 0 Å². The van der Waals surface area contributed by atoms with Crippen LogP contribution in [0.5, 0.6) is 0 Å². The maximum Gasteiger partial charge on any atom is 0.352 e. The van der Waals surface area contributed by atoms with Gasteiger partial charge in [-0.15, -0.1) is 11.8 Å². The zero-order valence-electron chi connectivity index (χ0n) is 11.9. The fourth-order valence-electron chi connectivity index (χ4n) is 2.62. The Morgan fingerprint density at radius 2 is 2.00 bits per heavy atom. The minimum absolute atomic E-state index is 0.175. The number of thioether (sulfide) groups is 1. The van der Waals surface area contributed by atoms with Crippen molar-refractivity contribution in [2.24, 2.45) is 0 Å². The first-order valence-corrected chi connectivity index (χ1v) is 7.96. The summed E-state index contributed by atoms with van der Waals surface area (Å²) in [6, 6.07) is 7.73.